The second-order valence-corrected chi connectivity index (χ2v) is 16.0. The minimum absolute atomic E-state index is 0.0146. The Labute approximate surface area is 383 Å². The van der Waals surface area contributed by atoms with Crippen LogP contribution in [0, 0.1) is 25.5 Å². The van der Waals surface area contributed by atoms with E-state index in [1.54, 1.807) is 68.8 Å². The van der Waals surface area contributed by atoms with Gasteiger partial charge in [0.25, 0.3) is 11.8 Å². The summed E-state index contributed by atoms with van der Waals surface area (Å²) in [6.45, 7) is 3.35. The Balaban J connectivity index is 0.000000160. The third kappa shape index (κ3) is 11.3. The highest BCUT2D eigenvalue weighted by molar-refractivity contribution is 6.05. The van der Waals surface area contributed by atoms with Gasteiger partial charge in [-0.2, -0.15) is 10.2 Å². The number of carbonyl (C=O) groups is 4. The Morgan fingerprint density at radius 3 is 1.76 bits per heavy atom. The summed E-state index contributed by atoms with van der Waals surface area (Å²) in [5, 5.41) is 16.5. The van der Waals surface area contributed by atoms with Crippen LogP contribution in [0.25, 0.3) is 0 Å². The van der Waals surface area contributed by atoms with Crippen LogP contribution in [0.15, 0.2) is 80.2 Å². The summed E-state index contributed by atoms with van der Waals surface area (Å²) >= 11 is 0. The molecule has 67 heavy (non-hydrogen) atoms. The molecule has 9 rings (SSSR count). The van der Waals surface area contributed by atoms with Gasteiger partial charge in [0.05, 0.1) is 6.04 Å². The van der Waals surface area contributed by atoms with Crippen LogP contribution >= 0.6 is 0 Å². The van der Waals surface area contributed by atoms with Gasteiger partial charge < -0.3 is 40.3 Å². The molecule has 2 aliphatic carbocycles. The van der Waals surface area contributed by atoms with E-state index in [1.165, 1.54) is 52.5 Å². The van der Waals surface area contributed by atoms with Crippen molar-refractivity contribution >= 4 is 35.4 Å². The van der Waals surface area contributed by atoms with Gasteiger partial charge in [-0.05, 0) is 109 Å². The van der Waals surface area contributed by atoms with Gasteiger partial charge >= 0.3 is 12.2 Å². The van der Waals surface area contributed by atoms with Crippen molar-refractivity contribution in [1.29, 1.82) is 0 Å². The summed E-state index contributed by atoms with van der Waals surface area (Å²) in [6, 6.07) is 8.76. The largest absolute Gasteiger partial charge is 0.441 e. The van der Waals surface area contributed by atoms with Crippen LogP contribution in [0.4, 0.5) is 29.7 Å². The van der Waals surface area contributed by atoms with E-state index in [9.17, 15) is 28.0 Å². The van der Waals surface area contributed by atoms with Gasteiger partial charge in [-0.25, -0.2) is 37.9 Å². The van der Waals surface area contributed by atoms with Crippen LogP contribution in [0.3, 0.4) is 0 Å². The molecular weight excluding hydrogens is 871 g/mol. The zero-order valence-electron chi connectivity index (χ0n) is 37.7. The Kier molecular flexibility index (Phi) is 14.3. The number of imidazole rings is 1. The quantitative estimate of drug-likeness (QED) is 0.138. The SMILES string of the molecule is Cc1cc(NC(=O)c2c3c(cn2C)C(N)CC3)ccc1F.Cc1cc(NC(=O)c2c3c(cn2C)C(NC(=O)OCc2ncn(C)n2)CC3)ccc1F.Cn1cnc(COC(=O)n2ccnc2)n1. The first-order chi connectivity index (χ1) is 32.0. The predicted octanol–water partition coefficient (Wildman–Crippen LogP) is 5.63. The molecule has 0 radical (unpaired) electrons. The summed E-state index contributed by atoms with van der Waals surface area (Å²) < 4.78 is 44.7. The van der Waals surface area contributed by atoms with Crippen LogP contribution in [0.5, 0.6) is 0 Å². The number of alkyl carbamates (subject to hydrolysis) is 1. The summed E-state index contributed by atoms with van der Waals surface area (Å²) in [4.78, 5) is 60.6. The minimum atomic E-state index is -0.568. The maximum Gasteiger partial charge on any atom is 0.419 e. The molecule has 2 unspecified atom stereocenters. The molecule has 2 aliphatic rings. The first kappa shape index (κ1) is 47.0. The van der Waals surface area contributed by atoms with Crippen molar-refractivity contribution in [3.63, 3.8) is 0 Å². The molecule has 0 saturated carbocycles. The molecule has 2 aromatic carbocycles. The molecule has 350 valence electrons. The Hall–Kier alpha value is -8.01. The highest BCUT2D eigenvalue weighted by Crippen LogP contribution is 2.36. The van der Waals surface area contributed by atoms with E-state index in [-0.39, 0.29) is 48.7 Å². The number of aromatic nitrogens is 10. The van der Waals surface area contributed by atoms with E-state index >= 15 is 0 Å². The van der Waals surface area contributed by atoms with Gasteiger partial charge in [-0.3, -0.25) is 19.0 Å². The molecule has 5 aromatic heterocycles. The van der Waals surface area contributed by atoms with E-state index in [1.807, 2.05) is 24.0 Å². The number of benzene rings is 2. The maximum atomic E-state index is 13.5. The summed E-state index contributed by atoms with van der Waals surface area (Å²) in [5.74, 6) is -0.181. The summed E-state index contributed by atoms with van der Waals surface area (Å²) in [6.07, 6.45) is 13.2. The van der Waals surface area contributed by atoms with Crippen molar-refractivity contribution in [2.45, 2.75) is 64.8 Å². The van der Waals surface area contributed by atoms with Crippen LogP contribution in [0.1, 0.15) is 90.9 Å². The van der Waals surface area contributed by atoms with Gasteiger partial charge in [-0.1, -0.05) is 0 Å². The third-order valence-corrected chi connectivity index (χ3v) is 11.0. The van der Waals surface area contributed by atoms with Crippen LogP contribution in [-0.4, -0.2) is 72.2 Å². The second-order valence-electron chi connectivity index (χ2n) is 16.0. The number of nitrogens with two attached hydrogens (primary N) is 1. The first-order valence-corrected chi connectivity index (χ1v) is 21.1. The number of rotatable bonds is 9. The zero-order chi connectivity index (χ0) is 47.9. The zero-order valence-corrected chi connectivity index (χ0v) is 37.7. The molecule has 7 aromatic rings. The average Bonchev–Trinajstić information content (AvgIpc) is 4.17. The first-order valence-electron chi connectivity index (χ1n) is 21.1. The number of anilines is 2. The topological polar surface area (TPSA) is 238 Å². The van der Waals surface area contributed by atoms with E-state index in [0.29, 0.717) is 58.4 Å². The molecule has 3 amide bonds. The van der Waals surface area contributed by atoms with Gasteiger partial charge in [0.2, 0.25) is 0 Å². The van der Waals surface area contributed by atoms with E-state index in [2.05, 4.69) is 41.1 Å². The van der Waals surface area contributed by atoms with E-state index < -0.39 is 12.2 Å². The fraction of sp³-hybridized carbons (Fsp3) is 0.311. The Bertz CT molecular complexity index is 2920. The second kappa shape index (κ2) is 20.4. The number of aryl methyl sites for hydroxylation is 6. The van der Waals surface area contributed by atoms with E-state index in [0.717, 1.165) is 35.1 Å². The number of nitrogens with zero attached hydrogens (tertiary/aromatic N) is 10. The molecule has 0 fully saturated rings. The standard InChI is InChI=1S/C21H23FN6O3.C16H18FN3O.C8H9N5O2/c1-12-8-13(4-6-16(12)22)24-20(29)19-14-5-7-17(15(14)9-27(19)2)25-21(30)31-10-18-23-11-28(3)26-18;1-9-7-10(3-5-13(9)17)19-16(21)15-11-4-6-14(18)12(11)8-20(15)2;1-12-6-10-7(11-12)4-15-8(14)13-3-2-9-5-13/h4,6,8-9,11,17H,5,7,10H2,1-3H3,(H,24,29)(H,25,30);3,5,7-8,14H,4,6,18H2,1-2H3,(H,19,21);2-3,5-6H,4H2,1H3. The number of nitrogens with one attached hydrogen (secondary N) is 3. The van der Waals surface area contributed by atoms with Crippen molar-refractivity contribution in [2.75, 3.05) is 10.6 Å². The normalized spacial score (nSPS) is 14.5. The fourth-order valence-corrected chi connectivity index (χ4v) is 7.80. The third-order valence-electron chi connectivity index (χ3n) is 11.0. The molecule has 0 saturated heterocycles. The number of halogens is 2. The van der Waals surface area contributed by atoms with Crippen molar-refractivity contribution < 1.29 is 37.4 Å². The lowest BCUT2D eigenvalue weighted by molar-refractivity contribution is 0.101. The highest BCUT2D eigenvalue weighted by atomic mass is 19.1. The molecule has 22 heteroatoms. The van der Waals surface area contributed by atoms with Crippen molar-refractivity contribution in [1.82, 2.24) is 53.5 Å². The predicted molar refractivity (Wildman–Crippen MR) is 238 cm³/mol. The van der Waals surface area contributed by atoms with Crippen molar-refractivity contribution in [3.05, 3.63) is 148 Å². The number of fused-ring (bicyclic) bond motifs is 2. The molecular formula is C45H50F2N14O6. The molecule has 20 nitrogen and oxygen atoms in total. The molecule has 2 atom stereocenters. The maximum absolute atomic E-state index is 13.5. The molecule has 5 N–H and O–H groups in total. The smallest absolute Gasteiger partial charge is 0.419 e. The van der Waals surface area contributed by atoms with Crippen LogP contribution < -0.4 is 21.7 Å². The number of hydrogen-bond acceptors (Lipinski definition) is 12. The fourth-order valence-electron chi connectivity index (χ4n) is 7.80. The average molecular weight is 921 g/mol. The lowest BCUT2D eigenvalue weighted by Gasteiger charge is -2.12. The van der Waals surface area contributed by atoms with Gasteiger partial charge in [0.15, 0.2) is 24.9 Å². The van der Waals surface area contributed by atoms with Crippen LogP contribution in [-0.2, 0) is 63.7 Å². The number of ether oxygens (including phenoxy) is 2. The van der Waals surface area contributed by atoms with Gasteiger partial charge in [0, 0.05) is 70.4 Å². The highest BCUT2D eigenvalue weighted by Gasteiger charge is 2.32. The van der Waals surface area contributed by atoms with Crippen molar-refractivity contribution in [3.8, 4) is 0 Å². The van der Waals surface area contributed by atoms with Gasteiger partial charge in [-0.15, -0.1) is 0 Å². The van der Waals surface area contributed by atoms with E-state index in [4.69, 9.17) is 15.2 Å². The van der Waals surface area contributed by atoms with Crippen LogP contribution in [0.2, 0.25) is 0 Å². The molecule has 0 bridgehead atoms. The Morgan fingerprint density at radius 1 is 0.731 bits per heavy atom. The monoisotopic (exact) mass is 920 g/mol. The number of amides is 3. The number of carbonyl (C=O) groups excluding carboxylic acids is 4. The number of hydrogen-bond donors (Lipinski definition) is 4. The summed E-state index contributed by atoms with van der Waals surface area (Å²) in [7, 11) is 7.10. The van der Waals surface area contributed by atoms with Crippen molar-refractivity contribution in [2.24, 2.45) is 33.9 Å². The molecule has 5 heterocycles. The van der Waals surface area contributed by atoms with Gasteiger partial charge in [0.1, 0.15) is 42.0 Å². The summed E-state index contributed by atoms with van der Waals surface area (Å²) in [5.41, 5.74) is 13.1. The minimum Gasteiger partial charge on any atom is -0.441 e. The molecule has 0 aliphatic heterocycles. The lowest BCUT2D eigenvalue weighted by atomic mass is 10.1. The lowest BCUT2D eigenvalue weighted by Crippen LogP contribution is -2.27. The molecule has 0 spiro atoms. The Morgan fingerprint density at radius 2 is 1.25 bits per heavy atom.